The van der Waals surface area contributed by atoms with Crippen LogP contribution in [0.2, 0.25) is 0 Å². The van der Waals surface area contributed by atoms with Crippen molar-refractivity contribution in [1.82, 2.24) is 9.97 Å². The van der Waals surface area contributed by atoms with Gasteiger partial charge >= 0.3 is 0 Å². The van der Waals surface area contributed by atoms with Crippen molar-refractivity contribution in [1.29, 1.82) is 0 Å². The van der Waals surface area contributed by atoms with E-state index < -0.39 is 0 Å². The maximum absolute atomic E-state index is 5.06. The Morgan fingerprint density at radius 1 is 1.11 bits per heavy atom. The van der Waals surface area contributed by atoms with Gasteiger partial charge in [0.2, 0.25) is 0 Å². The molecule has 0 unspecified atom stereocenters. The van der Waals surface area contributed by atoms with Crippen LogP contribution in [0.1, 0.15) is 39.1 Å². The zero-order valence-electron chi connectivity index (χ0n) is 12.9. The highest BCUT2D eigenvalue weighted by molar-refractivity contribution is 5.57. The molecule has 1 rings (SSSR count). The van der Waals surface area contributed by atoms with Crippen molar-refractivity contribution in [2.24, 2.45) is 0 Å². The number of ether oxygens (including phenoxy) is 1. The molecule has 0 amide bonds. The zero-order valence-corrected chi connectivity index (χ0v) is 12.9. The second-order valence-electron chi connectivity index (χ2n) is 5.57. The lowest BCUT2D eigenvalue weighted by atomic mass is 9.95. The topological polar surface area (TPSA) is 59.1 Å². The van der Waals surface area contributed by atoms with E-state index in [0.29, 0.717) is 6.61 Å². The van der Waals surface area contributed by atoms with Crippen LogP contribution in [0, 0.1) is 6.92 Å². The molecule has 0 bridgehead atoms. The molecule has 2 N–H and O–H groups in total. The van der Waals surface area contributed by atoms with Crippen LogP contribution in [0.25, 0.3) is 0 Å². The first-order valence-corrected chi connectivity index (χ1v) is 6.76. The number of hydrogen-bond acceptors (Lipinski definition) is 5. The average molecular weight is 266 g/mol. The monoisotopic (exact) mass is 266 g/mol. The van der Waals surface area contributed by atoms with Crippen LogP contribution in [0.5, 0.6) is 0 Å². The molecule has 1 heterocycles. The van der Waals surface area contributed by atoms with Crippen LogP contribution in [-0.2, 0) is 10.2 Å². The van der Waals surface area contributed by atoms with E-state index in [1.807, 2.05) is 6.92 Å². The Balaban J connectivity index is 3.09. The van der Waals surface area contributed by atoms with Crippen LogP contribution in [0.3, 0.4) is 0 Å². The predicted molar refractivity (Wildman–Crippen MR) is 80.0 cm³/mol. The van der Waals surface area contributed by atoms with Gasteiger partial charge in [0.15, 0.2) is 0 Å². The molecule has 0 spiro atoms. The summed E-state index contributed by atoms with van der Waals surface area (Å²) in [6.07, 6.45) is 0. The van der Waals surface area contributed by atoms with Gasteiger partial charge in [-0.3, -0.25) is 0 Å². The lowest BCUT2D eigenvalue weighted by Crippen LogP contribution is -2.20. The molecule has 0 aliphatic heterocycles. The average Bonchev–Trinajstić information content (AvgIpc) is 2.32. The second-order valence-corrected chi connectivity index (χ2v) is 5.57. The van der Waals surface area contributed by atoms with Gasteiger partial charge in [-0.1, -0.05) is 20.8 Å². The Labute approximate surface area is 116 Å². The van der Waals surface area contributed by atoms with E-state index in [-0.39, 0.29) is 5.41 Å². The van der Waals surface area contributed by atoms with E-state index in [4.69, 9.17) is 4.74 Å². The summed E-state index contributed by atoms with van der Waals surface area (Å²) in [5.41, 5.74) is 0.973. The number of aromatic nitrogens is 2. The summed E-state index contributed by atoms with van der Waals surface area (Å²) in [7, 11) is 1.69. The number of nitrogens with one attached hydrogen (secondary N) is 2. The molecule has 1 aromatic heterocycles. The van der Waals surface area contributed by atoms with Crippen LogP contribution in [0.15, 0.2) is 0 Å². The van der Waals surface area contributed by atoms with Crippen molar-refractivity contribution >= 4 is 11.6 Å². The van der Waals surface area contributed by atoms with Gasteiger partial charge in [-0.2, -0.15) is 0 Å². The fraction of sp³-hybridized carbons (Fsp3) is 0.714. The minimum atomic E-state index is -0.0739. The van der Waals surface area contributed by atoms with Crippen molar-refractivity contribution < 1.29 is 4.74 Å². The van der Waals surface area contributed by atoms with Crippen LogP contribution >= 0.6 is 0 Å². The largest absolute Gasteiger partial charge is 0.383 e. The van der Waals surface area contributed by atoms with E-state index in [0.717, 1.165) is 36.1 Å². The van der Waals surface area contributed by atoms with Crippen molar-refractivity contribution in [3.63, 3.8) is 0 Å². The van der Waals surface area contributed by atoms with Crippen molar-refractivity contribution in [3.05, 3.63) is 11.4 Å². The molecule has 0 aliphatic carbocycles. The van der Waals surface area contributed by atoms with Gasteiger partial charge in [-0.15, -0.1) is 0 Å². The van der Waals surface area contributed by atoms with E-state index in [1.165, 1.54) is 0 Å². The van der Waals surface area contributed by atoms with Gasteiger partial charge in [0.1, 0.15) is 17.5 Å². The molecule has 0 atom stereocenters. The number of rotatable bonds is 6. The highest BCUT2D eigenvalue weighted by Crippen LogP contribution is 2.26. The Morgan fingerprint density at radius 2 is 1.68 bits per heavy atom. The summed E-state index contributed by atoms with van der Waals surface area (Å²) in [6, 6.07) is 0. The van der Waals surface area contributed by atoms with Crippen molar-refractivity contribution in [3.8, 4) is 0 Å². The molecule has 5 heteroatoms. The molecule has 0 saturated heterocycles. The molecule has 0 aliphatic rings. The molecule has 0 fully saturated rings. The molecule has 19 heavy (non-hydrogen) atoms. The molecule has 0 radical (unpaired) electrons. The molecule has 0 saturated carbocycles. The molecule has 0 aromatic carbocycles. The molecular formula is C14H26N4O. The zero-order chi connectivity index (χ0) is 14.5. The smallest absolute Gasteiger partial charge is 0.138 e. The Bertz CT molecular complexity index is 413. The minimum Gasteiger partial charge on any atom is -0.383 e. The van der Waals surface area contributed by atoms with E-state index in [9.17, 15) is 0 Å². The highest BCUT2D eigenvalue weighted by Gasteiger charge is 2.20. The number of nitrogens with zero attached hydrogens (tertiary/aromatic N) is 2. The maximum atomic E-state index is 5.06. The lowest BCUT2D eigenvalue weighted by molar-refractivity contribution is 0.210. The summed E-state index contributed by atoms with van der Waals surface area (Å²) in [6.45, 7) is 12.7. The fourth-order valence-electron chi connectivity index (χ4n) is 1.64. The number of methoxy groups -OCH3 is 1. The quantitative estimate of drug-likeness (QED) is 0.775. The van der Waals surface area contributed by atoms with E-state index in [2.05, 4.69) is 48.3 Å². The summed E-state index contributed by atoms with van der Waals surface area (Å²) in [4.78, 5) is 9.27. The third-order valence-corrected chi connectivity index (χ3v) is 2.76. The second kappa shape index (κ2) is 6.70. The van der Waals surface area contributed by atoms with Gasteiger partial charge in [-0.05, 0) is 13.8 Å². The van der Waals surface area contributed by atoms with Crippen molar-refractivity contribution in [2.45, 2.75) is 40.0 Å². The number of anilines is 2. The summed E-state index contributed by atoms with van der Waals surface area (Å²) in [5.74, 6) is 2.63. The minimum absolute atomic E-state index is 0.0739. The first kappa shape index (κ1) is 15.7. The van der Waals surface area contributed by atoms with E-state index >= 15 is 0 Å². The molecule has 108 valence electrons. The predicted octanol–water partition coefficient (Wildman–Crippen LogP) is 2.57. The van der Waals surface area contributed by atoms with Gasteiger partial charge in [0.05, 0.1) is 6.61 Å². The van der Waals surface area contributed by atoms with Crippen LogP contribution < -0.4 is 10.6 Å². The lowest BCUT2D eigenvalue weighted by Gasteiger charge is -2.21. The first-order chi connectivity index (χ1) is 8.90. The third kappa shape index (κ3) is 4.35. The fourth-order valence-corrected chi connectivity index (χ4v) is 1.64. The standard InChI is InChI=1S/C14H26N4O/c1-7-15-11-10(2)12(16-8-9-19-6)18-13(17-11)14(3,4)5/h7-9H2,1-6H3,(H2,15,16,17,18). The third-order valence-electron chi connectivity index (χ3n) is 2.76. The highest BCUT2D eigenvalue weighted by atomic mass is 16.5. The van der Waals surface area contributed by atoms with Crippen molar-refractivity contribution in [2.75, 3.05) is 37.4 Å². The first-order valence-electron chi connectivity index (χ1n) is 6.76. The van der Waals surface area contributed by atoms with Crippen LogP contribution in [0.4, 0.5) is 11.6 Å². The van der Waals surface area contributed by atoms with Gasteiger partial charge in [0, 0.05) is 31.2 Å². The maximum Gasteiger partial charge on any atom is 0.138 e. The van der Waals surface area contributed by atoms with E-state index in [1.54, 1.807) is 7.11 Å². The molecular weight excluding hydrogens is 240 g/mol. The summed E-state index contributed by atoms with van der Waals surface area (Å²) >= 11 is 0. The molecule has 5 nitrogen and oxygen atoms in total. The summed E-state index contributed by atoms with van der Waals surface area (Å²) in [5, 5.41) is 6.61. The van der Waals surface area contributed by atoms with Gasteiger partial charge in [-0.25, -0.2) is 9.97 Å². The van der Waals surface area contributed by atoms with Crippen LogP contribution in [-0.4, -0.2) is 36.8 Å². The summed E-state index contributed by atoms with van der Waals surface area (Å²) < 4.78 is 5.06. The Morgan fingerprint density at radius 3 is 2.16 bits per heavy atom. The number of hydrogen-bond donors (Lipinski definition) is 2. The normalized spacial score (nSPS) is 11.5. The van der Waals surface area contributed by atoms with Gasteiger partial charge < -0.3 is 15.4 Å². The Hall–Kier alpha value is -1.36. The molecule has 1 aromatic rings. The van der Waals surface area contributed by atoms with Gasteiger partial charge in [0.25, 0.3) is 0 Å². The Kier molecular flexibility index (Phi) is 5.54. The SMILES string of the molecule is CCNc1nc(C(C)(C)C)nc(NCCOC)c1C.